The topological polar surface area (TPSA) is 58.9 Å². The first-order valence-corrected chi connectivity index (χ1v) is 4.95. The van der Waals surface area contributed by atoms with E-state index in [1.54, 1.807) is 6.08 Å². The summed E-state index contributed by atoms with van der Waals surface area (Å²) in [5.74, 6) is 0. The van der Waals surface area contributed by atoms with Crippen molar-refractivity contribution in [1.82, 2.24) is 0 Å². The van der Waals surface area contributed by atoms with Gasteiger partial charge in [-0.3, -0.25) is 0 Å². The minimum absolute atomic E-state index is 0.113. The van der Waals surface area contributed by atoms with E-state index in [1.807, 2.05) is 6.92 Å². The highest BCUT2D eigenvalue weighted by Gasteiger charge is 2.02. The molecule has 0 fully saturated rings. The van der Waals surface area contributed by atoms with Crippen LogP contribution in [-0.4, -0.2) is 24.7 Å². The van der Waals surface area contributed by atoms with Gasteiger partial charge in [0.05, 0.1) is 12.6 Å². The van der Waals surface area contributed by atoms with Crippen LogP contribution in [0.3, 0.4) is 0 Å². The molecule has 1 unspecified atom stereocenters. The van der Waals surface area contributed by atoms with Gasteiger partial charge in [-0.25, -0.2) is 19.6 Å². The normalized spacial score (nSPS) is 11.2. The van der Waals surface area contributed by atoms with Crippen molar-refractivity contribution in [3.63, 3.8) is 0 Å². The Kier molecular flexibility index (Phi) is 8.97. The summed E-state index contributed by atoms with van der Waals surface area (Å²) in [6.07, 6.45) is 7.80. The predicted molar refractivity (Wildman–Crippen MR) is 53.7 cm³/mol. The first-order chi connectivity index (χ1) is 6.85. The third-order valence-electron chi connectivity index (χ3n) is 2.08. The van der Waals surface area contributed by atoms with Gasteiger partial charge in [0.2, 0.25) is 12.2 Å². The molecule has 4 nitrogen and oxygen atoms in total. The van der Waals surface area contributed by atoms with Crippen LogP contribution in [0.25, 0.3) is 0 Å². The van der Waals surface area contributed by atoms with E-state index in [4.69, 9.17) is 0 Å². The van der Waals surface area contributed by atoms with Crippen LogP contribution in [0, 0.1) is 0 Å². The number of carbonyl (C=O) groups excluding carboxylic acids is 2. The van der Waals surface area contributed by atoms with Gasteiger partial charge in [0.15, 0.2) is 0 Å². The standard InChI is InChI=1S/C10H16N2O2/c1-2-10(12-9-14)6-4-3-5-7-11-8-13/h10H,2-7H2,1H3. The molecule has 0 aliphatic rings. The Balaban J connectivity index is 3.41. The maximum Gasteiger partial charge on any atom is 0.235 e. The van der Waals surface area contributed by atoms with Crippen molar-refractivity contribution in [3.05, 3.63) is 0 Å². The Hall–Kier alpha value is -1.24. The fourth-order valence-corrected chi connectivity index (χ4v) is 1.23. The highest BCUT2D eigenvalue weighted by Crippen LogP contribution is 2.09. The summed E-state index contributed by atoms with van der Waals surface area (Å²) in [6.45, 7) is 2.55. The summed E-state index contributed by atoms with van der Waals surface area (Å²) in [5, 5.41) is 0. The highest BCUT2D eigenvalue weighted by molar-refractivity contribution is 5.33. The number of rotatable bonds is 8. The van der Waals surface area contributed by atoms with E-state index in [1.165, 1.54) is 6.08 Å². The molecule has 0 bridgehead atoms. The van der Waals surface area contributed by atoms with Crippen molar-refractivity contribution in [3.8, 4) is 0 Å². The summed E-state index contributed by atoms with van der Waals surface area (Å²) < 4.78 is 0. The van der Waals surface area contributed by atoms with Crippen LogP contribution >= 0.6 is 0 Å². The molecule has 1 atom stereocenters. The number of nitrogens with zero attached hydrogens (tertiary/aromatic N) is 2. The Morgan fingerprint density at radius 3 is 2.50 bits per heavy atom. The Bertz CT molecular complexity index is 228. The summed E-state index contributed by atoms with van der Waals surface area (Å²) in [5.41, 5.74) is 0. The van der Waals surface area contributed by atoms with Gasteiger partial charge in [-0.05, 0) is 19.3 Å². The molecule has 14 heavy (non-hydrogen) atoms. The third kappa shape index (κ3) is 7.41. The zero-order valence-electron chi connectivity index (χ0n) is 8.53. The van der Waals surface area contributed by atoms with E-state index in [-0.39, 0.29) is 6.04 Å². The van der Waals surface area contributed by atoms with Crippen LogP contribution in [0.2, 0.25) is 0 Å². The highest BCUT2D eigenvalue weighted by atomic mass is 16.1. The van der Waals surface area contributed by atoms with E-state index in [0.717, 1.165) is 32.1 Å². The summed E-state index contributed by atoms with van der Waals surface area (Å²) in [6, 6.07) is 0.113. The first-order valence-electron chi connectivity index (χ1n) is 4.95. The summed E-state index contributed by atoms with van der Waals surface area (Å²) >= 11 is 0. The molecule has 0 spiro atoms. The number of unbranched alkanes of at least 4 members (excludes halogenated alkanes) is 2. The zero-order valence-corrected chi connectivity index (χ0v) is 8.53. The van der Waals surface area contributed by atoms with E-state index >= 15 is 0 Å². The molecule has 0 aliphatic heterocycles. The van der Waals surface area contributed by atoms with Crippen LogP contribution in [0.4, 0.5) is 0 Å². The molecule has 0 saturated heterocycles. The number of aliphatic imine (C=N–C) groups is 2. The lowest BCUT2D eigenvalue weighted by Crippen LogP contribution is -2.01. The molecule has 0 aromatic carbocycles. The fourth-order valence-electron chi connectivity index (χ4n) is 1.23. The molecule has 0 N–H and O–H groups in total. The van der Waals surface area contributed by atoms with Gasteiger partial charge < -0.3 is 0 Å². The van der Waals surface area contributed by atoms with Crippen molar-refractivity contribution in [1.29, 1.82) is 0 Å². The van der Waals surface area contributed by atoms with Gasteiger partial charge in [0, 0.05) is 0 Å². The largest absolute Gasteiger partial charge is 0.235 e. The molecule has 0 radical (unpaired) electrons. The third-order valence-corrected chi connectivity index (χ3v) is 2.08. The summed E-state index contributed by atoms with van der Waals surface area (Å²) in [7, 11) is 0. The van der Waals surface area contributed by atoms with Crippen molar-refractivity contribution in [2.75, 3.05) is 6.54 Å². The Morgan fingerprint density at radius 2 is 1.93 bits per heavy atom. The molecule has 0 amide bonds. The smallest absolute Gasteiger partial charge is 0.211 e. The predicted octanol–water partition coefficient (Wildman–Crippen LogP) is 2.00. The van der Waals surface area contributed by atoms with Crippen molar-refractivity contribution >= 4 is 12.2 Å². The second kappa shape index (κ2) is 9.85. The average Bonchev–Trinajstić information content (AvgIpc) is 2.21. The molecule has 0 heterocycles. The van der Waals surface area contributed by atoms with Crippen LogP contribution in [0.1, 0.15) is 39.0 Å². The Labute approximate surface area is 84.1 Å². The molecular weight excluding hydrogens is 180 g/mol. The number of isocyanates is 2. The van der Waals surface area contributed by atoms with Gasteiger partial charge >= 0.3 is 0 Å². The molecule has 78 valence electrons. The number of hydrogen-bond acceptors (Lipinski definition) is 4. The minimum atomic E-state index is 0.113. The van der Waals surface area contributed by atoms with Crippen LogP contribution in [-0.2, 0) is 9.59 Å². The quantitative estimate of drug-likeness (QED) is 0.338. The minimum Gasteiger partial charge on any atom is -0.211 e. The SMILES string of the molecule is CCC(CCCCCN=C=O)N=C=O. The summed E-state index contributed by atoms with van der Waals surface area (Å²) in [4.78, 5) is 26.9. The second-order valence-corrected chi connectivity index (χ2v) is 3.10. The van der Waals surface area contributed by atoms with Gasteiger partial charge in [-0.1, -0.05) is 19.8 Å². The van der Waals surface area contributed by atoms with E-state index in [2.05, 4.69) is 9.98 Å². The van der Waals surface area contributed by atoms with Crippen molar-refractivity contribution < 1.29 is 9.59 Å². The zero-order chi connectivity index (χ0) is 10.6. The van der Waals surface area contributed by atoms with Gasteiger partial charge in [0.1, 0.15) is 0 Å². The van der Waals surface area contributed by atoms with Crippen LogP contribution in [0.5, 0.6) is 0 Å². The molecule has 4 heteroatoms. The van der Waals surface area contributed by atoms with Crippen molar-refractivity contribution in [2.45, 2.75) is 45.1 Å². The van der Waals surface area contributed by atoms with Gasteiger partial charge in [-0.15, -0.1) is 0 Å². The lowest BCUT2D eigenvalue weighted by Gasteiger charge is -2.05. The molecule has 0 aromatic rings. The molecule has 0 aliphatic carbocycles. The first kappa shape index (κ1) is 12.8. The molecular formula is C10H16N2O2. The maximum atomic E-state index is 10.00. The second-order valence-electron chi connectivity index (χ2n) is 3.10. The van der Waals surface area contributed by atoms with Crippen molar-refractivity contribution in [2.24, 2.45) is 9.98 Å². The molecule has 0 rings (SSSR count). The number of hydrogen-bond donors (Lipinski definition) is 0. The van der Waals surface area contributed by atoms with Crippen LogP contribution in [0.15, 0.2) is 9.98 Å². The van der Waals surface area contributed by atoms with E-state index in [0.29, 0.717) is 6.54 Å². The lowest BCUT2D eigenvalue weighted by atomic mass is 10.1. The lowest BCUT2D eigenvalue weighted by molar-refractivity contribution is 0.524. The van der Waals surface area contributed by atoms with E-state index < -0.39 is 0 Å². The molecule has 0 aromatic heterocycles. The average molecular weight is 196 g/mol. The Morgan fingerprint density at radius 1 is 1.14 bits per heavy atom. The monoisotopic (exact) mass is 196 g/mol. The van der Waals surface area contributed by atoms with E-state index in [9.17, 15) is 9.59 Å². The maximum absolute atomic E-state index is 10.00. The molecule has 0 saturated carbocycles. The van der Waals surface area contributed by atoms with Gasteiger partial charge in [0.25, 0.3) is 0 Å². The fraction of sp³-hybridized carbons (Fsp3) is 0.800. The van der Waals surface area contributed by atoms with Crippen LogP contribution < -0.4 is 0 Å². The van der Waals surface area contributed by atoms with Gasteiger partial charge in [-0.2, -0.15) is 0 Å².